The lowest BCUT2D eigenvalue weighted by molar-refractivity contribution is 0.332. The monoisotopic (exact) mass is 1060 g/mol. The first kappa shape index (κ1) is 41.7. The molecular formula is C76H83BN2O. The molecule has 80 heavy (non-hydrogen) atoms. The third-order valence-electron chi connectivity index (χ3n) is 21.7. The van der Waals surface area contributed by atoms with Gasteiger partial charge >= 0.3 is 0 Å². The number of anilines is 6. The molecular weight excluding hydrogens is 968 g/mol. The molecule has 0 N–H and O–H groups in total. The number of hydrogen-bond donors (Lipinski definition) is 0. The molecule has 8 aromatic rings. The minimum Gasteiger partial charge on any atom is -0.468 e. The maximum absolute atomic E-state index is 9.37. The first-order valence-electron chi connectivity index (χ1n) is 35.0. The van der Waals surface area contributed by atoms with Crippen molar-refractivity contribution in [3.8, 4) is 22.3 Å². The maximum atomic E-state index is 9.37. The van der Waals surface area contributed by atoms with E-state index in [1.807, 2.05) is 0 Å². The first-order chi connectivity index (χ1) is 42.0. The van der Waals surface area contributed by atoms with Crippen LogP contribution in [0.3, 0.4) is 0 Å². The van der Waals surface area contributed by atoms with E-state index >= 15 is 0 Å². The van der Waals surface area contributed by atoms with Gasteiger partial charge in [0, 0.05) is 51.6 Å². The molecule has 0 unspecified atom stereocenters. The number of rotatable bonds is 4. The maximum Gasteiger partial charge on any atom is 0.297 e. The topological polar surface area (TPSA) is 19.6 Å². The molecule has 3 nitrogen and oxygen atoms in total. The molecule has 2 aliphatic heterocycles. The third kappa shape index (κ3) is 7.44. The molecule has 0 atom stereocenters. The van der Waals surface area contributed by atoms with Gasteiger partial charge in [-0.05, 0) is 217 Å². The summed E-state index contributed by atoms with van der Waals surface area (Å²) < 4.78 is 92.0. The van der Waals surface area contributed by atoms with Crippen molar-refractivity contribution in [1.29, 1.82) is 0 Å². The van der Waals surface area contributed by atoms with Gasteiger partial charge in [0.05, 0.1) is 11.3 Å². The predicted octanol–water partition coefficient (Wildman–Crippen LogP) is 19.5. The molecule has 406 valence electrons. The van der Waals surface area contributed by atoms with Crippen LogP contribution in [-0.2, 0) is 32.5 Å². The first-order valence-corrected chi connectivity index (χ1v) is 30.5. The van der Waals surface area contributed by atoms with Crippen molar-refractivity contribution in [3.63, 3.8) is 0 Å². The lowest BCUT2D eigenvalue weighted by Gasteiger charge is -2.44. The highest BCUT2D eigenvalue weighted by atomic mass is 16.3. The zero-order valence-electron chi connectivity index (χ0n) is 57.5. The van der Waals surface area contributed by atoms with E-state index in [2.05, 4.69) is 180 Å². The third-order valence-corrected chi connectivity index (χ3v) is 21.7. The Bertz CT molecular complexity index is 4190. The number of hydrogen-bond acceptors (Lipinski definition) is 3. The SMILES string of the molecule is [2H]C([2H])([2H])C(c1cc2c3c(c1)N(c1ccc(-c4ccc5c(c4)C(C)(C)CCC5(C)C)cc1)c1c(oc4cc5c(cc14)C(C)(C)CCC5(C)C)B3c1cc(C3CCCCC3)ccc1N2c1ccc2c(c1)C1(CCCCC1)c1ccccc1-2)(C([2H])([2H])[2H])C([2H])([2H])[2H]. The van der Waals surface area contributed by atoms with Crippen molar-refractivity contribution in [1.82, 2.24) is 0 Å². The number of benzene rings is 7. The normalized spacial score (nSPS) is 22.8. The highest BCUT2D eigenvalue weighted by Gasteiger charge is 2.50. The van der Waals surface area contributed by atoms with Crippen molar-refractivity contribution in [2.45, 2.75) is 204 Å². The molecule has 0 radical (unpaired) electrons. The molecule has 1 spiro atoms. The summed E-state index contributed by atoms with van der Waals surface area (Å²) in [5.74, 6) is 0.353. The fraction of sp³-hybridized carbons (Fsp3) is 0.421. The summed E-state index contributed by atoms with van der Waals surface area (Å²) in [5.41, 5.74) is 17.2. The highest BCUT2D eigenvalue weighted by molar-refractivity contribution is 7.00. The smallest absolute Gasteiger partial charge is 0.297 e. The Balaban J connectivity index is 1.06. The summed E-state index contributed by atoms with van der Waals surface area (Å²) in [5, 5.41) is 0.892. The molecule has 0 bridgehead atoms. The summed E-state index contributed by atoms with van der Waals surface area (Å²) in [4.78, 5) is 4.39. The Morgan fingerprint density at radius 1 is 0.500 bits per heavy atom. The average molecular weight is 1060 g/mol. The lowest BCUT2D eigenvalue weighted by atomic mass is 9.35. The van der Waals surface area contributed by atoms with Gasteiger partial charge in [-0.15, -0.1) is 0 Å². The Kier molecular flexibility index (Phi) is 9.06. The summed E-state index contributed by atoms with van der Waals surface area (Å²) in [6.07, 6.45) is 15.3. The fourth-order valence-electron chi connectivity index (χ4n) is 16.9. The van der Waals surface area contributed by atoms with Crippen LogP contribution < -0.4 is 26.4 Å². The van der Waals surface area contributed by atoms with Gasteiger partial charge in [-0.1, -0.05) is 187 Å². The van der Waals surface area contributed by atoms with Gasteiger partial charge in [-0.2, -0.15) is 0 Å². The molecule has 4 heteroatoms. The predicted molar refractivity (Wildman–Crippen MR) is 340 cm³/mol. The summed E-state index contributed by atoms with van der Waals surface area (Å²) in [6, 6.07) is 46.0. The number of fused-ring (bicyclic) bond motifs is 13. The van der Waals surface area contributed by atoms with Crippen LogP contribution in [0.1, 0.15) is 229 Å². The Morgan fingerprint density at radius 2 is 1.11 bits per heavy atom. The van der Waals surface area contributed by atoms with Gasteiger partial charge in [0.15, 0.2) is 0 Å². The van der Waals surface area contributed by atoms with E-state index in [0.717, 1.165) is 138 Å². The van der Waals surface area contributed by atoms with E-state index in [1.54, 1.807) is 12.1 Å². The molecule has 2 fully saturated rings. The van der Waals surface area contributed by atoms with E-state index in [-0.39, 0.29) is 32.6 Å². The van der Waals surface area contributed by atoms with Gasteiger partial charge in [0.25, 0.3) is 6.71 Å². The van der Waals surface area contributed by atoms with Gasteiger partial charge in [0.2, 0.25) is 0 Å². The molecule has 15 rings (SSSR count). The molecule has 7 aromatic carbocycles. The molecule has 0 saturated heterocycles. The van der Waals surface area contributed by atoms with Gasteiger partial charge < -0.3 is 14.2 Å². The highest BCUT2D eigenvalue weighted by Crippen LogP contribution is 2.58. The van der Waals surface area contributed by atoms with Gasteiger partial charge in [0.1, 0.15) is 5.58 Å². The van der Waals surface area contributed by atoms with Crippen molar-refractivity contribution in [2.75, 3.05) is 9.80 Å². The lowest BCUT2D eigenvalue weighted by Crippen LogP contribution is -2.61. The van der Waals surface area contributed by atoms with Crippen LogP contribution in [0.5, 0.6) is 0 Å². The summed E-state index contributed by atoms with van der Waals surface area (Å²) in [6.45, 7) is 7.55. The molecule has 1 aromatic heterocycles. The van der Waals surface area contributed by atoms with Crippen molar-refractivity contribution in [3.05, 3.63) is 172 Å². The zero-order chi connectivity index (χ0) is 62.5. The van der Waals surface area contributed by atoms with Gasteiger partial charge in [-0.3, -0.25) is 0 Å². The van der Waals surface area contributed by atoms with Crippen LogP contribution in [0.25, 0.3) is 33.2 Å². The number of nitrogens with zero attached hydrogens (tertiary/aromatic N) is 2. The second-order valence-electron chi connectivity index (χ2n) is 28.4. The largest absolute Gasteiger partial charge is 0.468 e. The molecule has 0 amide bonds. The average Bonchev–Trinajstić information content (AvgIpc) is 0.872. The summed E-state index contributed by atoms with van der Waals surface area (Å²) >= 11 is 0. The number of furan rings is 1. The van der Waals surface area contributed by atoms with Crippen LogP contribution >= 0.6 is 0 Å². The Hall–Kier alpha value is -6.26. The van der Waals surface area contributed by atoms with Crippen LogP contribution in [0, 0.1) is 0 Å². The second kappa shape index (κ2) is 17.4. The second-order valence-corrected chi connectivity index (χ2v) is 28.4. The van der Waals surface area contributed by atoms with E-state index in [4.69, 9.17) is 4.42 Å². The standard InChI is InChI=1S/C76H83BN2O/c1-71(2,3)51-42-65-68-66(43-51)79(52-28-24-48(25-29-52)49-26-32-58-60(40-49)73(6,7)37-36-72(58,4)5)69-56-45-61-62(75(10,11)39-38-74(61,8)9)46-67(56)80-70(69)77(68)63-41-50(47-20-14-12-15-21-47)27-33-64(63)78(65)53-30-31-55-54-22-16-17-23-57(54)76(59(55)44-53)34-18-13-19-35-76/h16-17,22-33,40-47H,12-15,18-21,34-39H2,1-11H3/i1D3,2D3,3D3. The van der Waals surface area contributed by atoms with Gasteiger partial charge in [-0.25, -0.2) is 0 Å². The van der Waals surface area contributed by atoms with E-state index < -0.39 is 32.7 Å². The molecule has 5 aliphatic carbocycles. The van der Waals surface area contributed by atoms with E-state index in [1.165, 1.54) is 62.9 Å². The zero-order valence-corrected chi connectivity index (χ0v) is 48.5. The van der Waals surface area contributed by atoms with Crippen molar-refractivity contribution in [2.24, 2.45) is 0 Å². The fourth-order valence-corrected chi connectivity index (χ4v) is 16.9. The molecule has 7 aliphatic rings. The minimum absolute atomic E-state index is 0.00383. The van der Waals surface area contributed by atoms with Crippen LogP contribution in [-0.4, -0.2) is 6.71 Å². The van der Waals surface area contributed by atoms with Crippen molar-refractivity contribution < 1.29 is 16.8 Å². The van der Waals surface area contributed by atoms with Crippen LogP contribution in [0.4, 0.5) is 34.1 Å². The molecule has 3 heterocycles. The van der Waals surface area contributed by atoms with Crippen LogP contribution in [0.2, 0.25) is 0 Å². The molecule has 2 saturated carbocycles. The van der Waals surface area contributed by atoms with E-state index in [9.17, 15) is 12.3 Å². The Morgan fingerprint density at radius 3 is 1.82 bits per heavy atom. The minimum atomic E-state index is -3.53. The summed E-state index contributed by atoms with van der Waals surface area (Å²) in [7, 11) is 0. The quantitative estimate of drug-likeness (QED) is 0.164. The van der Waals surface area contributed by atoms with Crippen LogP contribution in [0.15, 0.2) is 132 Å². The Labute approximate surface area is 491 Å². The van der Waals surface area contributed by atoms with E-state index in [0.29, 0.717) is 17.3 Å². The van der Waals surface area contributed by atoms with Crippen molar-refractivity contribution >= 4 is 68.4 Å².